The number of anilines is 6. The van der Waals surface area contributed by atoms with Gasteiger partial charge in [0.05, 0.1) is 23.8 Å². The molecule has 6 fully saturated rings. The van der Waals surface area contributed by atoms with E-state index in [2.05, 4.69) is 63.8 Å². The van der Waals surface area contributed by atoms with E-state index in [4.69, 9.17) is 9.97 Å². The molecule has 10 heterocycles. The van der Waals surface area contributed by atoms with Crippen molar-refractivity contribution in [1.82, 2.24) is 59.1 Å². The number of pyridine rings is 2. The van der Waals surface area contributed by atoms with Crippen LogP contribution in [-0.4, -0.2) is 149 Å². The number of aromatic nitrogens is 8. The first kappa shape index (κ1) is 50.1. The summed E-state index contributed by atoms with van der Waals surface area (Å²) in [7, 11) is 7.09. The molecular formula is C55H70N16O4. The molecule has 6 aliphatic rings. The number of hydrogen-bond acceptors (Lipinski definition) is 14. The molecule has 394 valence electrons. The summed E-state index contributed by atoms with van der Waals surface area (Å²) in [5, 5.41) is 11.7. The second kappa shape index (κ2) is 20.9. The summed E-state index contributed by atoms with van der Waals surface area (Å²) in [4.78, 5) is 88.9. The summed E-state index contributed by atoms with van der Waals surface area (Å²) in [6.45, 7) is 5.82. The molecule has 20 nitrogen and oxygen atoms in total. The highest BCUT2D eigenvalue weighted by Crippen LogP contribution is 2.38. The van der Waals surface area contributed by atoms with Crippen molar-refractivity contribution in [1.29, 1.82) is 0 Å². The number of fused-ring (bicyclic) bond motifs is 6. The molecule has 2 saturated carbocycles. The fourth-order valence-corrected chi connectivity index (χ4v) is 12.6. The summed E-state index contributed by atoms with van der Waals surface area (Å²) in [6, 6.07) is 13.7. The zero-order valence-corrected chi connectivity index (χ0v) is 44.1. The van der Waals surface area contributed by atoms with Crippen LogP contribution in [0.25, 0.3) is 22.1 Å². The third-order valence-electron chi connectivity index (χ3n) is 16.2. The van der Waals surface area contributed by atoms with Crippen LogP contribution in [0.3, 0.4) is 0 Å². The van der Waals surface area contributed by atoms with Crippen LogP contribution in [0.15, 0.2) is 61.2 Å². The fraction of sp³-hybridized carbons (Fsp3) is 0.527. The van der Waals surface area contributed by atoms with Crippen molar-refractivity contribution in [2.45, 2.75) is 146 Å². The van der Waals surface area contributed by atoms with Gasteiger partial charge >= 0.3 is 0 Å². The molecule has 4 aliphatic heterocycles. The van der Waals surface area contributed by atoms with Gasteiger partial charge in [0.2, 0.25) is 23.7 Å². The molecule has 0 aromatic carbocycles. The number of nitrogens with zero attached hydrogens (tertiary/aromatic N) is 13. The number of nitrogens with one attached hydrogen (secondary N) is 3. The average Bonchev–Trinajstić information content (AvgIpc) is 4.28. The van der Waals surface area contributed by atoms with Gasteiger partial charge in [-0.2, -0.15) is 9.97 Å². The van der Waals surface area contributed by atoms with E-state index in [1.807, 2.05) is 46.2 Å². The minimum absolute atomic E-state index is 0.0283. The summed E-state index contributed by atoms with van der Waals surface area (Å²) in [5.41, 5.74) is 4.46. The number of rotatable bonds is 11. The van der Waals surface area contributed by atoms with Gasteiger partial charge in [0.25, 0.3) is 11.8 Å². The van der Waals surface area contributed by atoms with Gasteiger partial charge in [-0.1, -0.05) is 25.7 Å². The minimum Gasteiger partial charge on any atom is -0.343 e. The summed E-state index contributed by atoms with van der Waals surface area (Å²) < 4.78 is 4.20. The van der Waals surface area contributed by atoms with Crippen molar-refractivity contribution in [2.24, 2.45) is 0 Å². The maximum absolute atomic E-state index is 13.1. The lowest BCUT2D eigenvalue weighted by atomic mass is 10.1. The van der Waals surface area contributed by atoms with Gasteiger partial charge in [-0.15, -0.1) is 0 Å². The molecule has 6 aromatic heterocycles. The Hall–Kier alpha value is -7.06. The van der Waals surface area contributed by atoms with E-state index in [1.165, 1.54) is 0 Å². The monoisotopic (exact) mass is 1020 g/mol. The lowest BCUT2D eigenvalue weighted by molar-refractivity contribution is -0.119. The van der Waals surface area contributed by atoms with E-state index in [0.717, 1.165) is 110 Å². The Kier molecular flexibility index (Phi) is 14.0. The van der Waals surface area contributed by atoms with Crippen LogP contribution in [0, 0.1) is 0 Å². The molecular weight excluding hydrogens is 949 g/mol. The van der Waals surface area contributed by atoms with E-state index >= 15 is 0 Å². The predicted molar refractivity (Wildman–Crippen MR) is 289 cm³/mol. The quantitative estimate of drug-likeness (QED) is 0.114. The molecule has 75 heavy (non-hydrogen) atoms. The SMILES string of the molecule is CC(C)N1[C@@H]2CC[C@H]1CN(c1ccc(Nc3ncc4cc(C(=O)N(C)C)n(C5CCCC5)c4n3)nc1)C(=O)C2.CN(C)C(=O)c1cc2cnc(Nc3ccc(N4C[C@@H]5CC[C@H](CC4=O)N5)cn3)nc2n1C1CCCC1. The molecule has 4 amide bonds. The first-order valence-corrected chi connectivity index (χ1v) is 27.1. The molecule has 2 aliphatic carbocycles. The lowest BCUT2D eigenvalue weighted by Gasteiger charge is -2.31. The third-order valence-corrected chi connectivity index (χ3v) is 16.2. The van der Waals surface area contributed by atoms with Crippen LogP contribution in [0.5, 0.6) is 0 Å². The van der Waals surface area contributed by atoms with Crippen molar-refractivity contribution in [3.63, 3.8) is 0 Å². The standard InChI is InChI=1S/C29H38N8O2.C26H32N8O2/c1-18(2)36-21-9-10-23(36)17-35(26(38)14-21)22-11-12-25(30-16-22)32-29-31-15-19-13-24(28(39)34(3)4)37(27(19)33-29)20-7-5-6-8-20;1-32(2)25(36)21-11-16-13-28-26(31-24(16)34(21)19-5-3-4-6-19)30-22-10-9-20(14-27-22)33-15-18-8-7-17(29-18)12-23(33)35/h11-13,15-16,18,20-21,23H,5-10,14,17H2,1-4H3,(H,30,31,32,33);9-11,13-14,17-19,29H,3-8,12,15H2,1-2H3,(H,27,28,30,31)/t21-,23+;17-,18+/m11/s1. The number of carbonyl (C=O) groups is 4. The Morgan fingerprint density at radius 1 is 0.573 bits per heavy atom. The molecule has 20 heteroatoms. The van der Waals surface area contributed by atoms with Crippen LogP contribution < -0.4 is 25.8 Å². The minimum atomic E-state index is -0.0295. The highest BCUT2D eigenvalue weighted by atomic mass is 16.2. The van der Waals surface area contributed by atoms with Gasteiger partial charge in [0.1, 0.15) is 34.3 Å². The Morgan fingerprint density at radius 2 is 1.05 bits per heavy atom. The van der Waals surface area contributed by atoms with Crippen molar-refractivity contribution in [3.05, 3.63) is 72.6 Å². The zero-order valence-electron chi connectivity index (χ0n) is 44.1. The maximum atomic E-state index is 13.1. The molecule has 6 aromatic rings. The van der Waals surface area contributed by atoms with Gasteiger partial charge in [0, 0.05) is 120 Å². The van der Waals surface area contributed by atoms with E-state index in [9.17, 15) is 19.2 Å². The van der Waals surface area contributed by atoms with E-state index < -0.39 is 0 Å². The van der Waals surface area contributed by atoms with Crippen LogP contribution in [0.2, 0.25) is 0 Å². The topological polar surface area (TPSA) is 208 Å². The summed E-state index contributed by atoms with van der Waals surface area (Å²) >= 11 is 0. The fourth-order valence-electron chi connectivity index (χ4n) is 12.6. The second-order valence-electron chi connectivity index (χ2n) is 22.1. The second-order valence-corrected chi connectivity index (χ2v) is 22.1. The largest absolute Gasteiger partial charge is 0.343 e. The smallest absolute Gasteiger partial charge is 0.270 e. The average molecular weight is 1020 g/mol. The maximum Gasteiger partial charge on any atom is 0.270 e. The molecule has 4 bridgehead atoms. The third kappa shape index (κ3) is 10.1. The number of amides is 4. The van der Waals surface area contributed by atoms with Crippen LogP contribution in [0.4, 0.5) is 34.9 Å². The molecule has 4 atom stereocenters. The van der Waals surface area contributed by atoms with Gasteiger partial charge < -0.3 is 44.7 Å². The van der Waals surface area contributed by atoms with E-state index in [1.54, 1.807) is 62.8 Å². The van der Waals surface area contributed by atoms with E-state index in [-0.39, 0.29) is 35.7 Å². The first-order chi connectivity index (χ1) is 36.3. The molecule has 0 spiro atoms. The number of carbonyl (C=O) groups excluding carboxylic acids is 4. The normalized spacial score (nSPS) is 22.2. The Morgan fingerprint density at radius 3 is 1.53 bits per heavy atom. The molecule has 0 radical (unpaired) electrons. The van der Waals surface area contributed by atoms with Crippen LogP contribution in [-0.2, 0) is 9.59 Å². The van der Waals surface area contributed by atoms with Gasteiger partial charge in [-0.3, -0.25) is 24.1 Å². The highest BCUT2D eigenvalue weighted by Gasteiger charge is 2.42. The zero-order chi connectivity index (χ0) is 52.1. The van der Waals surface area contributed by atoms with Gasteiger partial charge in [-0.05, 0) is 102 Å². The van der Waals surface area contributed by atoms with Crippen LogP contribution >= 0.6 is 0 Å². The van der Waals surface area contributed by atoms with Crippen molar-refractivity contribution in [3.8, 4) is 0 Å². The summed E-state index contributed by atoms with van der Waals surface area (Å²) in [6.07, 6.45) is 21.3. The number of hydrogen-bond donors (Lipinski definition) is 3. The molecule has 0 unspecified atom stereocenters. The van der Waals surface area contributed by atoms with Gasteiger partial charge in [-0.25, -0.2) is 19.9 Å². The molecule has 12 rings (SSSR count). The predicted octanol–water partition coefficient (Wildman–Crippen LogP) is 7.61. The first-order valence-electron chi connectivity index (χ1n) is 27.1. The van der Waals surface area contributed by atoms with Crippen molar-refractivity contribution in [2.75, 3.05) is 61.7 Å². The lowest BCUT2D eigenvalue weighted by Crippen LogP contribution is -2.43. The highest BCUT2D eigenvalue weighted by molar-refractivity contribution is 5.99. The van der Waals surface area contributed by atoms with Crippen molar-refractivity contribution >= 4 is 80.6 Å². The Balaban J connectivity index is 0.000000161. The van der Waals surface area contributed by atoms with E-state index in [0.29, 0.717) is 91.1 Å². The molecule has 4 saturated heterocycles. The van der Waals surface area contributed by atoms with Gasteiger partial charge in [0.15, 0.2) is 0 Å². The van der Waals surface area contributed by atoms with Crippen LogP contribution in [0.1, 0.15) is 137 Å². The summed E-state index contributed by atoms with van der Waals surface area (Å²) in [5.74, 6) is 2.31. The van der Waals surface area contributed by atoms with Crippen molar-refractivity contribution < 1.29 is 19.2 Å². The Labute approximate surface area is 437 Å². The molecule has 3 N–H and O–H groups in total. The Bertz CT molecular complexity index is 3080.